The maximum Gasteiger partial charge on any atom is 0.125 e. The largest absolute Gasteiger partial charge is 0.491 e. The highest BCUT2D eigenvalue weighted by atomic mass is 16.5. The van der Waals surface area contributed by atoms with E-state index >= 15 is 0 Å². The fraction of sp³-hybridized carbons (Fsp3) is 0.368. The van der Waals surface area contributed by atoms with Gasteiger partial charge >= 0.3 is 0 Å². The van der Waals surface area contributed by atoms with E-state index in [1.54, 1.807) is 0 Å². The van der Waals surface area contributed by atoms with Gasteiger partial charge in [0.25, 0.3) is 0 Å². The van der Waals surface area contributed by atoms with Crippen molar-refractivity contribution in [3.05, 3.63) is 65.2 Å². The van der Waals surface area contributed by atoms with Gasteiger partial charge in [-0.15, -0.1) is 0 Å². The molecular formula is C19H22O2. The number of para-hydroxylation sites is 1. The van der Waals surface area contributed by atoms with Crippen molar-refractivity contribution in [1.82, 2.24) is 0 Å². The van der Waals surface area contributed by atoms with Crippen LogP contribution in [0.15, 0.2) is 48.5 Å². The summed E-state index contributed by atoms with van der Waals surface area (Å²) in [7, 11) is 0. The number of hydrogen-bond acceptors (Lipinski definition) is 2. The first-order valence-electron chi connectivity index (χ1n) is 7.68. The molecule has 1 atom stereocenters. The molecule has 1 fully saturated rings. The second-order valence-corrected chi connectivity index (χ2v) is 6.05. The normalized spacial score (nSPS) is 16.0. The molecule has 0 amide bonds. The molecule has 0 bridgehead atoms. The highest BCUT2D eigenvalue weighted by Gasteiger charge is 2.23. The van der Waals surface area contributed by atoms with Crippen LogP contribution < -0.4 is 4.74 Å². The van der Waals surface area contributed by atoms with Gasteiger partial charge < -0.3 is 9.84 Å². The summed E-state index contributed by atoms with van der Waals surface area (Å²) in [5, 5.41) is 10.7. The summed E-state index contributed by atoms with van der Waals surface area (Å²) >= 11 is 0. The van der Waals surface area contributed by atoms with Crippen LogP contribution in [-0.4, -0.2) is 11.2 Å². The van der Waals surface area contributed by atoms with Crippen molar-refractivity contribution in [2.24, 2.45) is 0 Å². The van der Waals surface area contributed by atoms with E-state index in [0.29, 0.717) is 0 Å². The van der Waals surface area contributed by atoms with Crippen molar-refractivity contribution >= 4 is 0 Å². The number of aliphatic hydroxyl groups excluding tert-OH is 1. The summed E-state index contributed by atoms with van der Waals surface area (Å²) in [6.45, 7) is 3.99. The molecule has 1 aliphatic rings. The minimum Gasteiger partial charge on any atom is -0.491 e. The van der Waals surface area contributed by atoms with Crippen LogP contribution in [0.5, 0.6) is 5.75 Å². The SMILES string of the molecule is CC(C)Oc1ccccc1C(O)c1ccc(C2CC2)cc1. The third-order valence-electron chi connectivity index (χ3n) is 3.88. The average Bonchev–Trinajstić information content (AvgIpc) is 3.31. The smallest absolute Gasteiger partial charge is 0.125 e. The van der Waals surface area contributed by atoms with Gasteiger partial charge in [-0.25, -0.2) is 0 Å². The van der Waals surface area contributed by atoms with Crippen molar-refractivity contribution in [2.75, 3.05) is 0 Å². The Balaban J connectivity index is 1.85. The predicted molar refractivity (Wildman–Crippen MR) is 84.7 cm³/mol. The lowest BCUT2D eigenvalue weighted by Gasteiger charge is -2.18. The van der Waals surface area contributed by atoms with Crippen molar-refractivity contribution in [2.45, 2.75) is 44.8 Å². The summed E-state index contributed by atoms with van der Waals surface area (Å²) < 4.78 is 5.80. The quantitative estimate of drug-likeness (QED) is 0.879. The molecular weight excluding hydrogens is 260 g/mol. The van der Waals surface area contributed by atoms with E-state index in [9.17, 15) is 5.11 Å². The Morgan fingerprint density at radius 2 is 1.67 bits per heavy atom. The molecule has 0 spiro atoms. The van der Waals surface area contributed by atoms with Crippen LogP contribution in [0.25, 0.3) is 0 Å². The number of aliphatic hydroxyl groups is 1. The van der Waals surface area contributed by atoms with E-state index in [1.165, 1.54) is 18.4 Å². The second kappa shape index (κ2) is 5.90. The summed E-state index contributed by atoms with van der Waals surface area (Å²) in [6, 6.07) is 16.1. The molecule has 2 nitrogen and oxygen atoms in total. The average molecular weight is 282 g/mol. The standard InChI is InChI=1S/C19H22O2/c1-13(2)21-18-6-4-3-5-17(18)19(20)16-11-9-15(10-12-16)14-7-8-14/h3-6,9-14,19-20H,7-8H2,1-2H3. The van der Waals surface area contributed by atoms with E-state index in [0.717, 1.165) is 22.8 Å². The van der Waals surface area contributed by atoms with E-state index < -0.39 is 6.10 Å². The van der Waals surface area contributed by atoms with E-state index in [2.05, 4.69) is 12.1 Å². The van der Waals surface area contributed by atoms with E-state index in [4.69, 9.17) is 4.74 Å². The maximum atomic E-state index is 10.7. The van der Waals surface area contributed by atoms with Gasteiger partial charge in [-0.3, -0.25) is 0 Å². The van der Waals surface area contributed by atoms with Crippen molar-refractivity contribution in [3.63, 3.8) is 0 Å². The van der Waals surface area contributed by atoms with Gasteiger partial charge in [0.05, 0.1) is 6.10 Å². The molecule has 2 aromatic carbocycles. The molecule has 1 unspecified atom stereocenters. The highest BCUT2D eigenvalue weighted by molar-refractivity contribution is 5.41. The topological polar surface area (TPSA) is 29.5 Å². The predicted octanol–water partition coefficient (Wildman–Crippen LogP) is 4.43. The second-order valence-electron chi connectivity index (χ2n) is 6.05. The number of rotatable bonds is 5. The van der Waals surface area contributed by atoms with Crippen LogP contribution in [0.1, 0.15) is 55.4 Å². The van der Waals surface area contributed by atoms with Crippen LogP contribution in [0, 0.1) is 0 Å². The van der Waals surface area contributed by atoms with Crippen molar-refractivity contribution < 1.29 is 9.84 Å². The minimum atomic E-state index is -0.645. The Bertz CT molecular complexity index is 597. The van der Waals surface area contributed by atoms with Crippen LogP contribution in [-0.2, 0) is 0 Å². The first-order chi connectivity index (χ1) is 10.1. The summed E-state index contributed by atoms with van der Waals surface area (Å²) in [5.74, 6) is 1.50. The molecule has 2 aromatic rings. The van der Waals surface area contributed by atoms with Gasteiger partial charge in [0.2, 0.25) is 0 Å². The molecule has 3 rings (SSSR count). The Labute approximate surface area is 126 Å². The summed E-state index contributed by atoms with van der Waals surface area (Å²) in [6.07, 6.45) is 2.05. The zero-order valence-electron chi connectivity index (χ0n) is 12.6. The molecule has 1 N–H and O–H groups in total. The highest BCUT2D eigenvalue weighted by Crippen LogP contribution is 2.40. The van der Waals surface area contributed by atoms with E-state index in [1.807, 2.05) is 50.2 Å². The third-order valence-corrected chi connectivity index (χ3v) is 3.88. The monoisotopic (exact) mass is 282 g/mol. The zero-order chi connectivity index (χ0) is 14.8. The molecule has 0 radical (unpaired) electrons. The Kier molecular flexibility index (Phi) is 3.98. The molecule has 110 valence electrons. The third kappa shape index (κ3) is 3.27. The molecule has 0 aliphatic heterocycles. The van der Waals surface area contributed by atoms with Crippen LogP contribution in [0.2, 0.25) is 0 Å². The minimum absolute atomic E-state index is 0.0931. The lowest BCUT2D eigenvalue weighted by atomic mass is 9.98. The summed E-state index contributed by atoms with van der Waals surface area (Å²) in [5.41, 5.74) is 3.13. The van der Waals surface area contributed by atoms with Crippen LogP contribution in [0.4, 0.5) is 0 Å². The first-order valence-corrected chi connectivity index (χ1v) is 7.68. The van der Waals surface area contributed by atoms with Gasteiger partial charge in [-0.1, -0.05) is 42.5 Å². The molecule has 2 heteroatoms. The molecule has 0 heterocycles. The molecule has 0 saturated heterocycles. The fourth-order valence-corrected chi connectivity index (χ4v) is 2.61. The number of hydrogen-bond donors (Lipinski definition) is 1. The first kappa shape index (κ1) is 14.2. The van der Waals surface area contributed by atoms with E-state index in [-0.39, 0.29) is 6.10 Å². The molecule has 0 aromatic heterocycles. The number of benzene rings is 2. The fourth-order valence-electron chi connectivity index (χ4n) is 2.61. The Morgan fingerprint density at radius 3 is 2.29 bits per heavy atom. The summed E-state index contributed by atoms with van der Waals surface area (Å²) in [4.78, 5) is 0. The molecule has 21 heavy (non-hydrogen) atoms. The molecule has 1 saturated carbocycles. The number of ether oxygens (including phenoxy) is 1. The van der Waals surface area contributed by atoms with Crippen LogP contribution >= 0.6 is 0 Å². The zero-order valence-corrected chi connectivity index (χ0v) is 12.6. The van der Waals surface area contributed by atoms with Crippen LogP contribution in [0.3, 0.4) is 0 Å². The van der Waals surface area contributed by atoms with Gasteiger partial charge in [0.1, 0.15) is 11.9 Å². The van der Waals surface area contributed by atoms with Crippen molar-refractivity contribution in [1.29, 1.82) is 0 Å². The van der Waals surface area contributed by atoms with Gasteiger partial charge in [0.15, 0.2) is 0 Å². The lowest BCUT2D eigenvalue weighted by molar-refractivity contribution is 0.198. The molecule has 1 aliphatic carbocycles. The Morgan fingerprint density at radius 1 is 1.00 bits per heavy atom. The van der Waals surface area contributed by atoms with Crippen molar-refractivity contribution in [3.8, 4) is 5.75 Å². The lowest BCUT2D eigenvalue weighted by Crippen LogP contribution is -2.09. The van der Waals surface area contributed by atoms with Gasteiger partial charge in [-0.2, -0.15) is 0 Å². The Hall–Kier alpha value is -1.80. The van der Waals surface area contributed by atoms with Gasteiger partial charge in [0, 0.05) is 5.56 Å². The maximum absolute atomic E-state index is 10.7. The van der Waals surface area contributed by atoms with Gasteiger partial charge in [-0.05, 0) is 49.8 Å².